The molecule has 0 bridgehead atoms. The van der Waals surface area contributed by atoms with Crippen molar-refractivity contribution in [2.24, 2.45) is 5.92 Å². The van der Waals surface area contributed by atoms with Gasteiger partial charge in [0, 0.05) is 44.9 Å². The number of carboxylic acid groups (broad SMARTS) is 1. The molecule has 0 aliphatic rings. The van der Waals surface area contributed by atoms with Crippen LogP contribution in [-0.4, -0.2) is 72.5 Å². The average Bonchev–Trinajstić information content (AvgIpc) is 2.76. The number of carbonyl (C=O) groups is 4. The molecule has 9 nitrogen and oxygen atoms in total. The first kappa shape index (κ1) is 32.0. The van der Waals surface area contributed by atoms with Crippen LogP contribution in [0.15, 0.2) is 0 Å². The van der Waals surface area contributed by atoms with E-state index in [2.05, 4.69) is 34.7 Å². The maximum absolute atomic E-state index is 12.4. The zero-order valence-electron chi connectivity index (χ0n) is 21.1. The van der Waals surface area contributed by atoms with Gasteiger partial charge in [-0.2, -0.15) is 0 Å². The minimum Gasteiger partial charge on any atom is -0.481 e. The van der Waals surface area contributed by atoms with Gasteiger partial charge in [0.25, 0.3) is 0 Å². The Hall–Kier alpha value is -2.16. The van der Waals surface area contributed by atoms with E-state index in [0.717, 1.165) is 12.8 Å². The topological polar surface area (TPSA) is 128 Å². The third-order valence-corrected chi connectivity index (χ3v) is 5.03. The molecule has 0 aliphatic carbocycles. The lowest BCUT2D eigenvalue weighted by molar-refractivity contribution is -0.138. The highest BCUT2D eigenvalue weighted by Crippen LogP contribution is 2.04. The number of amides is 3. The zero-order chi connectivity index (χ0) is 25.1. The highest BCUT2D eigenvalue weighted by molar-refractivity contribution is 5.88. The Kier molecular flexibility index (Phi) is 19.5. The van der Waals surface area contributed by atoms with E-state index in [9.17, 15) is 19.2 Å². The maximum atomic E-state index is 12.4. The molecular weight excluding hydrogens is 412 g/mol. The van der Waals surface area contributed by atoms with Crippen molar-refractivity contribution >= 4 is 23.7 Å². The van der Waals surface area contributed by atoms with Crippen molar-refractivity contribution in [1.29, 1.82) is 0 Å². The number of hydrogen-bond donors (Lipinski definition) is 4. The van der Waals surface area contributed by atoms with Gasteiger partial charge in [0.2, 0.25) is 17.7 Å². The molecule has 0 spiro atoms. The summed E-state index contributed by atoms with van der Waals surface area (Å²) in [7, 11) is 1.94. The van der Waals surface area contributed by atoms with Gasteiger partial charge in [0.05, 0.1) is 0 Å². The van der Waals surface area contributed by atoms with E-state index < -0.39 is 17.9 Å². The molecule has 0 saturated carbocycles. The summed E-state index contributed by atoms with van der Waals surface area (Å²) >= 11 is 0. The van der Waals surface area contributed by atoms with E-state index >= 15 is 0 Å². The molecule has 0 fully saturated rings. The Labute approximate surface area is 194 Å². The number of carboxylic acids is 1. The maximum Gasteiger partial charge on any atom is 0.303 e. The fourth-order valence-corrected chi connectivity index (χ4v) is 2.63. The predicted molar refractivity (Wildman–Crippen MR) is 127 cm³/mol. The first-order valence-corrected chi connectivity index (χ1v) is 11.8. The Morgan fingerprint density at radius 3 is 2.00 bits per heavy atom. The molecule has 4 N–H and O–H groups in total. The summed E-state index contributed by atoms with van der Waals surface area (Å²) in [4.78, 5) is 49.3. The predicted octanol–water partition coefficient (Wildman–Crippen LogP) is 2.15. The lowest BCUT2D eigenvalue weighted by Gasteiger charge is -2.24. The molecule has 0 aliphatic heterocycles. The van der Waals surface area contributed by atoms with Crippen molar-refractivity contribution in [3.05, 3.63) is 0 Å². The third kappa shape index (κ3) is 17.5. The third-order valence-electron chi connectivity index (χ3n) is 5.03. The molecule has 9 heteroatoms. The molecule has 0 aromatic rings. The number of hydrogen-bond acceptors (Lipinski definition) is 5. The van der Waals surface area contributed by atoms with E-state index in [1.54, 1.807) is 0 Å². The van der Waals surface area contributed by atoms with E-state index in [1.165, 1.54) is 0 Å². The van der Waals surface area contributed by atoms with Crippen molar-refractivity contribution in [3.63, 3.8) is 0 Å². The van der Waals surface area contributed by atoms with Gasteiger partial charge >= 0.3 is 5.97 Å². The van der Waals surface area contributed by atoms with Crippen LogP contribution in [0.2, 0.25) is 0 Å². The van der Waals surface area contributed by atoms with Crippen LogP contribution in [0, 0.1) is 5.92 Å². The Bertz CT molecular complexity index is 555. The summed E-state index contributed by atoms with van der Waals surface area (Å²) in [5, 5.41) is 16.9. The van der Waals surface area contributed by atoms with E-state index in [-0.39, 0.29) is 44.2 Å². The minimum atomic E-state index is -1.03. The highest BCUT2D eigenvalue weighted by atomic mass is 16.4. The summed E-state index contributed by atoms with van der Waals surface area (Å²) in [6.45, 7) is 13.3. The van der Waals surface area contributed by atoms with Gasteiger partial charge in [-0.25, -0.2) is 0 Å². The standard InChI is InChI=1S/C21H40N4O5.C2H6/c1-6-16(4)25(5)14-11-19(27)24-17(8-10-20(28)29)21(30)23-13-12-22-18(26)9-7-15(2)3;1-2/h15-17H,6-14H2,1-5H3,(H,22,26)(H,23,30)(H,24,27)(H,28,29);1-2H3. The molecule has 32 heavy (non-hydrogen) atoms. The number of nitrogens with one attached hydrogen (secondary N) is 3. The first-order chi connectivity index (χ1) is 15.1. The van der Waals surface area contributed by atoms with E-state index in [1.807, 2.05) is 34.7 Å². The number of rotatable bonds is 16. The molecule has 0 aromatic heterocycles. The van der Waals surface area contributed by atoms with Gasteiger partial charge in [0.1, 0.15) is 6.04 Å². The highest BCUT2D eigenvalue weighted by Gasteiger charge is 2.22. The quantitative estimate of drug-likeness (QED) is 0.262. The molecule has 188 valence electrons. The van der Waals surface area contributed by atoms with Crippen molar-refractivity contribution in [2.45, 2.75) is 92.2 Å². The Morgan fingerprint density at radius 2 is 1.47 bits per heavy atom. The monoisotopic (exact) mass is 458 g/mol. The molecule has 3 amide bonds. The van der Waals surface area contributed by atoms with Crippen molar-refractivity contribution in [1.82, 2.24) is 20.9 Å². The largest absolute Gasteiger partial charge is 0.481 e. The van der Waals surface area contributed by atoms with Gasteiger partial charge in [-0.05, 0) is 39.2 Å². The van der Waals surface area contributed by atoms with Crippen LogP contribution in [0.3, 0.4) is 0 Å². The second kappa shape index (κ2) is 19.5. The van der Waals surface area contributed by atoms with Gasteiger partial charge in [-0.15, -0.1) is 0 Å². The Morgan fingerprint density at radius 1 is 0.875 bits per heavy atom. The lowest BCUT2D eigenvalue weighted by atomic mass is 10.1. The summed E-state index contributed by atoms with van der Waals surface area (Å²) in [6.07, 6.45) is 2.22. The number of nitrogens with zero attached hydrogens (tertiary/aromatic N) is 1. The zero-order valence-corrected chi connectivity index (χ0v) is 21.1. The molecule has 2 unspecified atom stereocenters. The van der Waals surface area contributed by atoms with Crippen molar-refractivity contribution < 1.29 is 24.3 Å². The lowest BCUT2D eigenvalue weighted by Crippen LogP contribution is -2.49. The minimum absolute atomic E-state index is 0.00879. The van der Waals surface area contributed by atoms with Gasteiger partial charge in [-0.3, -0.25) is 19.2 Å². The van der Waals surface area contributed by atoms with Crippen molar-refractivity contribution in [3.8, 4) is 0 Å². The number of aliphatic carboxylic acids is 1. The summed E-state index contributed by atoms with van der Waals surface area (Å²) in [5.41, 5.74) is 0. The summed E-state index contributed by atoms with van der Waals surface area (Å²) in [5.74, 6) is -1.40. The van der Waals surface area contributed by atoms with Gasteiger partial charge < -0.3 is 26.0 Å². The molecule has 0 rings (SSSR count). The SMILES string of the molecule is CC.CCC(C)N(C)CCC(=O)NC(CCC(=O)O)C(=O)NCCNC(=O)CCC(C)C. The van der Waals surface area contributed by atoms with Crippen LogP contribution >= 0.6 is 0 Å². The molecular formula is C23H46N4O5. The van der Waals surface area contributed by atoms with Crippen LogP contribution in [0.25, 0.3) is 0 Å². The molecule has 0 radical (unpaired) electrons. The summed E-state index contributed by atoms with van der Waals surface area (Å²) < 4.78 is 0. The summed E-state index contributed by atoms with van der Waals surface area (Å²) in [6, 6.07) is -0.571. The van der Waals surface area contributed by atoms with Gasteiger partial charge in [0.15, 0.2) is 0 Å². The van der Waals surface area contributed by atoms with E-state index in [4.69, 9.17) is 5.11 Å². The normalized spacial score (nSPS) is 12.4. The average molecular weight is 459 g/mol. The number of carbonyl (C=O) groups excluding carboxylic acids is 3. The van der Waals surface area contributed by atoms with Crippen LogP contribution in [0.1, 0.15) is 80.1 Å². The molecule has 0 heterocycles. The van der Waals surface area contributed by atoms with E-state index in [0.29, 0.717) is 24.9 Å². The van der Waals surface area contributed by atoms with Crippen LogP contribution in [0.4, 0.5) is 0 Å². The van der Waals surface area contributed by atoms with Crippen LogP contribution < -0.4 is 16.0 Å². The fraction of sp³-hybridized carbons (Fsp3) is 0.826. The molecule has 0 aromatic carbocycles. The second-order valence-electron chi connectivity index (χ2n) is 8.11. The molecule has 2 atom stereocenters. The Balaban J connectivity index is 0. The smallest absolute Gasteiger partial charge is 0.303 e. The fourth-order valence-electron chi connectivity index (χ4n) is 2.63. The second-order valence-corrected chi connectivity index (χ2v) is 8.11. The van der Waals surface area contributed by atoms with Crippen LogP contribution in [-0.2, 0) is 19.2 Å². The van der Waals surface area contributed by atoms with Crippen LogP contribution in [0.5, 0.6) is 0 Å². The van der Waals surface area contributed by atoms with Crippen molar-refractivity contribution in [2.75, 3.05) is 26.7 Å². The first-order valence-electron chi connectivity index (χ1n) is 11.8. The van der Waals surface area contributed by atoms with Gasteiger partial charge in [-0.1, -0.05) is 34.6 Å². The molecule has 0 saturated heterocycles.